The Hall–Kier alpha value is 0.0700. The summed E-state index contributed by atoms with van der Waals surface area (Å²) in [6, 6.07) is 0.774. The van der Waals surface area contributed by atoms with Gasteiger partial charge in [-0.3, -0.25) is 0 Å². The first-order chi connectivity index (χ1) is 5.34. The van der Waals surface area contributed by atoms with Crippen molar-refractivity contribution in [1.82, 2.24) is 10.3 Å². The molecule has 1 saturated carbocycles. The lowest BCUT2D eigenvalue weighted by atomic mass is 10.5. The summed E-state index contributed by atoms with van der Waals surface area (Å²) in [6.45, 7) is 0.923. The third-order valence-corrected chi connectivity index (χ3v) is 3.09. The van der Waals surface area contributed by atoms with Crippen LogP contribution >= 0.6 is 27.3 Å². The topological polar surface area (TPSA) is 24.9 Å². The van der Waals surface area contributed by atoms with Crippen LogP contribution in [-0.2, 0) is 6.54 Å². The number of nitrogens with zero attached hydrogens (tertiary/aromatic N) is 1. The molecular weight excluding hydrogens is 224 g/mol. The van der Waals surface area contributed by atoms with Gasteiger partial charge in [0.15, 0.2) is 3.92 Å². The third kappa shape index (κ3) is 2.25. The van der Waals surface area contributed by atoms with Gasteiger partial charge in [-0.25, -0.2) is 4.98 Å². The Morgan fingerprint density at radius 1 is 1.73 bits per heavy atom. The molecule has 0 aliphatic heterocycles. The highest BCUT2D eigenvalue weighted by atomic mass is 79.9. The number of hydrogen-bond acceptors (Lipinski definition) is 3. The molecule has 0 bridgehead atoms. The van der Waals surface area contributed by atoms with Crippen LogP contribution in [-0.4, -0.2) is 11.0 Å². The Bertz CT molecular complexity index is 244. The second-order valence-corrected chi connectivity index (χ2v) is 4.88. The Kier molecular flexibility index (Phi) is 2.25. The average molecular weight is 233 g/mol. The van der Waals surface area contributed by atoms with Crippen molar-refractivity contribution in [2.45, 2.75) is 25.4 Å². The lowest BCUT2D eigenvalue weighted by molar-refractivity contribution is 0.677. The van der Waals surface area contributed by atoms with Crippen molar-refractivity contribution in [1.29, 1.82) is 0 Å². The summed E-state index contributed by atoms with van der Waals surface area (Å²) >= 11 is 4.98. The van der Waals surface area contributed by atoms with Crippen molar-refractivity contribution in [3.05, 3.63) is 15.0 Å². The van der Waals surface area contributed by atoms with Gasteiger partial charge in [-0.15, -0.1) is 11.3 Å². The van der Waals surface area contributed by atoms with Gasteiger partial charge in [-0.05, 0) is 28.8 Å². The smallest absolute Gasteiger partial charge is 0.159 e. The van der Waals surface area contributed by atoms with E-state index in [1.165, 1.54) is 12.8 Å². The van der Waals surface area contributed by atoms with Crippen LogP contribution < -0.4 is 5.32 Å². The first-order valence-electron chi connectivity index (χ1n) is 3.68. The van der Waals surface area contributed by atoms with Gasteiger partial charge in [0.2, 0.25) is 0 Å². The summed E-state index contributed by atoms with van der Waals surface area (Å²) in [7, 11) is 0. The quantitative estimate of drug-likeness (QED) is 0.865. The molecule has 0 spiro atoms. The number of hydrogen-bond donors (Lipinski definition) is 1. The maximum Gasteiger partial charge on any atom is 0.159 e. The van der Waals surface area contributed by atoms with E-state index in [4.69, 9.17) is 0 Å². The summed E-state index contributed by atoms with van der Waals surface area (Å²) in [4.78, 5) is 4.28. The number of rotatable bonds is 3. The monoisotopic (exact) mass is 232 g/mol. The predicted octanol–water partition coefficient (Wildman–Crippen LogP) is 2.16. The van der Waals surface area contributed by atoms with E-state index in [1.807, 2.05) is 0 Å². The maximum atomic E-state index is 4.28. The first kappa shape index (κ1) is 7.71. The molecule has 1 aromatic heterocycles. The second kappa shape index (κ2) is 3.21. The van der Waals surface area contributed by atoms with Crippen molar-refractivity contribution < 1.29 is 0 Å². The van der Waals surface area contributed by atoms with Crippen LogP contribution in [0.5, 0.6) is 0 Å². The van der Waals surface area contributed by atoms with Gasteiger partial charge in [0.25, 0.3) is 0 Å². The van der Waals surface area contributed by atoms with Crippen LogP contribution in [0, 0.1) is 0 Å². The van der Waals surface area contributed by atoms with E-state index in [0.717, 1.165) is 22.2 Å². The van der Waals surface area contributed by atoms with E-state index in [0.29, 0.717) is 0 Å². The van der Waals surface area contributed by atoms with Crippen LogP contribution in [0.25, 0.3) is 0 Å². The zero-order valence-corrected chi connectivity index (χ0v) is 8.41. The van der Waals surface area contributed by atoms with Gasteiger partial charge in [-0.2, -0.15) is 0 Å². The molecule has 0 saturated heterocycles. The molecule has 1 aliphatic carbocycles. The average Bonchev–Trinajstić information content (AvgIpc) is 2.72. The molecule has 4 heteroatoms. The van der Waals surface area contributed by atoms with E-state index in [1.54, 1.807) is 11.3 Å². The third-order valence-electron chi connectivity index (χ3n) is 1.67. The largest absolute Gasteiger partial charge is 0.308 e. The van der Waals surface area contributed by atoms with E-state index in [2.05, 4.69) is 31.6 Å². The van der Waals surface area contributed by atoms with Crippen molar-refractivity contribution in [2.75, 3.05) is 0 Å². The highest BCUT2D eigenvalue weighted by Crippen LogP contribution is 2.20. The molecule has 2 nitrogen and oxygen atoms in total. The first-order valence-corrected chi connectivity index (χ1v) is 5.35. The molecule has 11 heavy (non-hydrogen) atoms. The normalized spacial score (nSPS) is 17.2. The minimum Gasteiger partial charge on any atom is -0.308 e. The van der Waals surface area contributed by atoms with Crippen molar-refractivity contribution in [3.8, 4) is 0 Å². The Morgan fingerprint density at radius 3 is 3.09 bits per heavy atom. The van der Waals surface area contributed by atoms with E-state index >= 15 is 0 Å². The van der Waals surface area contributed by atoms with Crippen LogP contribution in [0.4, 0.5) is 0 Å². The Labute approximate surface area is 78.2 Å². The molecule has 0 aromatic carbocycles. The lowest BCUT2D eigenvalue weighted by Gasteiger charge is -1.96. The van der Waals surface area contributed by atoms with Crippen molar-refractivity contribution in [3.63, 3.8) is 0 Å². The molecule has 0 atom stereocenters. The van der Waals surface area contributed by atoms with E-state index < -0.39 is 0 Å². The van der Waals surface area contributed by atoms with E-state index in [-0.39, 0.29) is 0 Å². The minimum absolute atomic E-state index is 0.774. The van der Waals surface area contributed by atoms with Gasteiger partial charge in [0, 0.05) is 18.0 Å². The highest BCUT2D eigenvalue weighted by Gasteiger charge is 2.20. The zero-order valence-electron chi connectivity index (χ0n) is 6.01. The standard InChI is InChI=1S/C7H9BrN2S/c8-7-10-6(4-11-7)3-9-5-1-2-5/h4-5,9H,1-3H2. The summed E-state index contributed by atoms with van der Waals surface area (Å²) in [6.07, 6.45) is 2.68. The van der Waals surface area contributed by atoms with Crippen LogP contribution in [0.2, 0.25) is 0 Å². The van der Waals surface area contributed by atoms with Crippen LogP contribution in [0.15, 0.2) is 9.30 Å². The molecule has 1 fully saturated rings. The van der Waals surface area contributed by atoms with Gasteiger partial charge >= 0.3 is 0 Å². The van der Waals surface area contributed by atoms with Crippen LogP contribution in [0.1, 0.15) is 18.5 Å². The summed E-state index contributed by atoms with van der Waals surface area (Å²) in [5.74, 6) is 0. The molecule has 0 radical (unpaired) electrons. The van der Waals surface area contributed by atoms with Crippen molar-refractivity contribution >= 4 is 27.3 Å². The van der Waals surface area contributed by atoms with Gasteiger partial charge in [-0.1, -0.05) is 0 Å². The fourth-order valence-electron chi connectivity index (χ4n) is 0.900. The minimum atomic E-state index is 0.774. The molecule has 1 heterocycles. The molecule has 0 unspecified atom stereocenters. The number of nitrogens with one attached hydrogen (secondary N) is 1. The fraction of sp³-hybridized carbons (Fsp3) is 0.571. The van der Waals surface area contributed by atoms with Crippen LogP contribution in [0.3, 0.4) is 0 Å². The SMILES string of the molecule is Brc1nc(CNC2CC2)cs1. The summed E-state index contributed by atoms with van der Waals surface area (Å²) < 4.78 is 0.977. The summed E-state index contributed by atoms with van der Waals surface area (Å²) in [5, 5.41) is 5.49. The number of aromatic nitrogens is 1. The fourth-order valence-corrected chi connectivity index (χ4v) is 1.95. The molecule has 1 aromatic rings. The van der Waals surface area contributed by atoms with Gasteiger partial charge in [0.1, 0.15) is 0 Å². The molecule has 0 amide bonds. The van der Waals surface area contributed by atoms with Crippen molar-refractivity contribution in [2.24, 2.45) is 0 Å². The maximum absolute atomic E-state index is 4.28. The Balaban J connectivity index is 1.85. The lowest BCUT2D eigenvalue weighted by Crippen LogP contribution is -2.15. The van der Waals surface area contributed by atoms with Gasteiger partial charge < -0.3 is 5.32 Å². The Morgan fingerprint density at radius 2 is 2.55 bits per heavy atom. The summed E-state index contributed by atoms with van der Waals surface area (Å²) in [5.41, 5.74) is 1.15. The number of halogens is 1. The zero-order chi connectivity index (χ0) is 7.68. The second-order valence-electron chi connectivity index (χ2n) is 2.75. The highest BCUT2D eigenvalue weighted by molar-refractivity contribution is 9.11. The number of thiazole rings is 1. The van der Waals surface area contributed by atoms with E-state index in [9.17, 15) is 0 Å². The molecule has 60 valence electrons. The van der Waals surface area contributed by atoms with Gasteiger partial charge in [0.05, 0.1) is 5.69 Å². The molecular formula is C7H9BrN2S. The molecule has 2 rings (SSSR count). The predicted molar refractivity (Wildman–Crippen MR) is 49.7 cm³/mol. The molecule has 1 N–H and O–H groups in total. The molecule has 1 aliphatic rings.